The van der Waals surface area contributed by atoms with E-state index in [4.69, 9.17) is 11.5 Å². The van der Waals surface area contributed by atoms with E-state index in [0.717, 1.165) is 6.42 Å². The molecule has 0 amide bonds. The Hall–Kier alpha value is -0.0800. The van der Waals surface area contributed by atoms with Crippen molar-refractivity contribution in [3.8, 4) is 0 Å². The zero-order chi connectivity index (χ0) is 5.86. The van der Waals surface area contributed by atoms with Crippen LogP contribution in [0.3, 0.4) is 0 Å². The van der Waals surface area contributed by atoms with Crippen molar-refractivity contribution in [2.75, 3.05) is 0 Å². The molecule has 2 nitrogen and oxygen atoms in total. The second-order valence-electron chi connectivity index (χ2n) is 2.19. The second kappa shape index (κ2) is 2.99. The van der Waals surface area contributed by atoms with Gasteiger partial charge in [-0.1, -0.05) is 0 Å². The Labute approximate surface area is 44.9 Å². The first-order valence-electron chi connectivity index (χ1n) is 2.64. The zero-order valence-corrected chi connectivity index (χ0v) is 5.02. The highest BCUT2D eigenvalue weighted by Crippen LogP contribution is 1.88. The topological polar surface area (TPSA) is 52.0 Å². The van der Waals surface area contributed by atoms with E-state index in [1.54, 1.807) is 0 Å². The molecule has 0 saturated carbocycles. The Kier molecular flexibility index (Phi) is 2.96. The highest BCUT2D eigenvalue weighted by Gasteiger charge is 1.96. The van der Waals surface area contributed by atoms with Gasteiger partial charge in [-0.2, -0.15) is 0 Å². The molecule has 0 heterocycles. The Morgan fingerprint density at radius 2 is 1.43 bits per heavy atom. The Morgan fingerprint density at radius 1 is 1.14 bits per heavy atom. The molecular formula is C5H14N2. The summed E-state index contributed by atoms with van der Waals surface area (Å²) in [6.07, 6.45) is 0.917. The molecule has 2 heteroatoms. The molecule has 7 heavy (non-hydrogen) atoms. The maximum absolute atomic E-state index is 5.41. The lowest BCUT2D eigenvalue weighted by atomic mass is 10.1. The summed E-state index contributed by atoms with van der Waals surface area (Å²) >= 11 is 0. The smallest absolute Gasteiger partial charge is 0.00251 e. The van der Waals surface area contributed by atoms with Gasteiger partial charge in [0.2, 0.25) is 0 Å². The minimum Gasteiger partial charge on any atom is -0.328 e. The van der Waals surface area contributed by atoms with Gasteiger partial charge < -0.3 is 11.5 Å². The van der Waals surface area contributed by atoms with Gasteiger partial charge in [0.1, 0.15) is 0 Å². The summed E-state index contributed by atoms with van der Waals surface area (Å²) in [5.74, 6) is 0. The lowest BCUT2D eigenvalue weighted by molar-refractivity contribution is 0.580. The summed E-state index contributed by atoms with van der Waals surface area (Å²) in [4.78, 5) is 0. The van der Waals surface area contributed by atoms with Crippen LogP contribution < -0.4 is 11.5 Å². The third-order valence-corrected chi connectivity index (χ3v) is 0.744. The van der Waals surface area contributed by atoms with E-state index in [9.17, 15) is 0 Å². The molecule has 0 saturated heterocycles. The Morgan fingerprint density at radius 3 is 1.43 bits per heavy atom. The van der Waals surface area contributed by atoms with Crippen LogP contribution in [-0.4, -0.2) is 12.1 Å². The molecular weight excluding hydrogens is 88.1 g/mol. The fourth-order valence-electron chi connectivity index (χ4n) is 0.586. The zero-order valence-electron chi connectivity index (χ0n) is 5.02. The van der Waals surface area contributed by atoms with E-state index >= 15 is 0 Å². The first-order chi connectivity index (χ1) is 3.13. The van der Waals surface area contributed by atoms with Crippen molar-refractivity contribution >= 4 is 0 Å². The van der Waals surface area contributed by atoms with E-state index in [1.807, 2.05) is 13.8 Å². The number of hydrogen-bond donors (Lipinski definition) is 2. The molecule has 0 aromatic heterocycles. The van der Waals surface area contributed by atoms with Crippen LogP contribution in [0.15, 0.2) is 0 Å². The fourth-order valence-corrected chi connectivity index (χ4v) is 0.586. The Bertz CT molecular complexity index is 35.3. The molecule has 0 radical (unpaired) electrons. The van der Waals surface area contributed by atoms with Crippen molar-refractivity contribution in [1.29, 1.82) is 0 Å². The molecule has 4 N–H and O–H groups in total. The molecule has 0 unspecified atom stereocenters. The molecule has 0 aromatic rings. The monoisotopic (exact) mass is 102 g/mol. The number of hydrogen-bond acceptors (Lipinski definition) is 2. The van der Waals surface area contributed by atoms with Gasteiger partial charge in [0.15, 0.2) is 0 Å². The summed E-state index contributed by atoms with van der Waals surface area (Å²) < 4.78 is 0. The molecule has 0 aliphatic carbocycles. The first kappa shape index (κ1) is 6.92. The van der Waals surface area contributed by atoms with E-state index in [-0.39, 0.29) is 12.1 Å². The van der Waals surface area contributed by atoms with Crippen molar-refractivity contribution in [1.82, 2.24) is 0 Å². The van der Waals surface area contributed by atoms with Gasteiger partial charge in [-0.05, 0) is 20.3 Å². The predicted molar refractivity (Wildman–Crippen MR) is 31.9 cm³/mol. The van der Waals surface area contributed by atoms with E-state index < -0.39 is 0 Å². The van der Waals surface area contributed by atoms with Gasteiger partial charge in [0, 0.05) is 12.1 Å². The maximum Gasteiger partial charge on any atom is 0.00251 e. The fraction of sp³-hybridized carbons (Fsp3) is 1.00. The average molecular weight is 102 g/mol. The summed E-state index contributed by atoms with van der Waals surface area (Å²) in [6.45, 7) is 3.92. The second-order valence-corrected chi connectivity index (χ2v) is 2.19. The Balaban J connectivity index is 2.95. The molecule has 0 aliphatic rings. The lowest BCUT2D eigenvalue weighted by Crippen LogP contribution is -2.26. The minimum atomic E-state index is 0.250. The van der Waals surface area contributed by atoms with Crippen molar-refractivity contribution < 1.29 is 0 Å². The highest BCUT2D eigenvalue weighted by atomic mass is 14.7. The lowest BCUT2D eigenvalue weighted by Gasteiger charge is -2.06. The van der Waals surface area contributed by atoms with Crippen LogP contribution in [0, 0.1) is 0 Å². The molecule has 0 aliphatic heterocycles. The molecule has 0 spiro atoms. The van der Waals surface area contributed by atoms with Crippen molar-refractivity contribution in [3.05, 3.63) is 0 Å². The largest absolute Gasteiger partial charge is 0.328 e. The van der Waals surface area contributed by atoms with Crippen LogP contribution in [0.5, 0.6) is 0 Å². The summed E-state index contributed by atoms with van der Waals surface area (Å²) in [6, 6.07) is 0.500. The molecule has 0 bridgehead atoms. The van der Waals surface area contributed by atoms with Gasteiger partial charge in [0.05, 0.1) is 0 Å². The average Bonchev–Trinajstić information content (AvgIpc) is 1.27. The molecule has 2 atom stereocenters. The third kappa shape index (κ3) is 5.92. The quantitative estimate of drug-likeness (QED) is 0.518. The summed E-state index contributed by atoms with van der Waals surface area (Å²) in [5.41, 5.74) is 10.8. The van der Waals surface area contributed by atoms with Crippen molar-refractivity contribution in [3.63, 3.8) is 0 Å². The first-order valence-corrected chi connectivity index (χ1v) is 2.64. The van der Waals surface area contributed by atoms with Gasteiger partial charge >= 0.3 is 0 Å². The summed E-state index contributed by atoms with van der Waals surface area (Å²) in [5, 5.41) is 0. The third-order valence-electron chi connectivity index (χ3n) is 0.744. The van der Waals surface area contributed by atoms with Crippen LogP contribution in [0.1, 0.15) is 20.3 Å². The van der Waals surface area contributed by atoms with E-state index in [0.29, 0.717) is 0 Å². The number of rotatable bonds is 2. The van der Waals surface area contributed by atoms with E-state index in [2.05, 4.69) is 0 Å². The van der Waals surface area contributed by atoms with Gasteiger partial charge in [-0.15, -0.1) is 0 Å². The van der Waals surface area contributed by atoms with Crippen LogP contribution in [0.25, 0.3) is 0 Å². The van der Waals surface area contributed by atoms with Crippen LogP contribution >= 0.6 is 0 Å². The van der Waals surface area contributed by atoms with Crippen LogP contribution in [-0.2, 0) is 0 Å². The highest BCUT2D eigenvalue weighted by molar-refractivity contribution is 4.60. The summed E-state index contributed by atoms with van der Waals surface area (Å²) in [7, 11) is 0. The predicted octanol–water partition coefficient (Wildman–Crippen LogP) is 0.0709. The van der Waals surface area contributed by atoms with Crippen molar-refractivity contribution in [2.24, 2.45) is 11.5 Å². The molecule has 0 aromatic carbocycles. The molecule has 44 valence electrons. The SMILES string of the molecule is C[C@H](N)C[C@@H](C)N. The van der Waals surface area contributed by atoms with Gasteiger partial charge in [-0.3, -0.25) is 0 Å². The minimum absolute atomic E-state index is 0.250. The number of nitrogens with two attached hydrogens (primary N) is 2. The van der Waals surface area contributed by atoms with Gasteiger partial charge in [0.25, 0.3) is 0 Å². The standard InChI is InChI=1S/C5H14N2/c1-4(6)3-5(2)7/h4-5H,3,6-7H2,1-2H3/t4-,5+. The maximum atomic E-state index is 5.41. The molecule has 0 rings (SSSR count). The normalized spacial score (nSPS) is 18.9. The van der Waals surface area contributed by atoms with Gasteiger partial charge in [-0.25, -0.2) is 0 Å². The van der Waals surface area contributed by atoms with Crippen molar-refractivity contribution in [2.45, 2.75) is 32.4 Å². The molecule has 0 fully saturated rings. The van der Waals surface area contributed by atoms with Crippen LogP contribution in [0.2, 0.25) is 0 Å². The van der Waals surface area contributed by atoms with E-state index in [1.165, 1.54) is 0 Å². The van der Waals surface area contributed by atoms with Crippen LogP contribution in [0.4, 0.5) is 0 Å².